The molecule has 1 aliphatic rings. The molecule has 1 saturated carbocycles. The molecule has 1 aliphatic carbocycles. The minimum Gasteiger partial charge on any atom is -0.496 e. The molecular weight excluding hydrogens is 442 g/mol. The van der Waals surface area contributed by atoms with Gasteiger partial charge in [0, 0.05) is 29.2 Å². The number of anilines is 1. The highest BCUT2D eigenvalue weighted by atomic mass is 19.1. The van der Waals surface area contributed by atoms with Gasteiger partial charge in [0.05, 0.1) is 19.3 Å². The normalized spacial score (nSPS) is 18.9. The quantitative estimate of drug-likeness (QED) is 0.536. The molecule has 0 aliphatic heterocycles. The molecule has 1 aromatic carbocycles. The Bertz CT molecular complexity index is 1030. The van der Waals surface area contributed by atoms with Gasteiger partial charge in [0.1, 0.15) is 23.2 Å². The van der Waals surface area contributed by atoms with Crippen molar-refractivity contribution in [3.8, 4) is 16.9 Å². The first-order valence-electron chi connectivity index (χ1n) is 11.5. The molecule has 2 amide bonds. The van der Waals surface area contributed by atoms with Gasteiger partial charge < -0.3 is 21.1 Å². The third kappa shape index (κ3) is 6.50. The first kappa shape index (κ1) is 25.6. The lowest BCUT2D eigenvalue weighted by atomic mass is 9.85. The molecule has 1 aromatic heterocycles. The van der Waals surface area contributed by atoms with E-state index in [9.17, 15) is 18.4 Å². The number of nitrogens with one attached hydrogen (secondary N) is 2. The molecule has 1 heterocycles. The predicted octanol–water partition coefficient (Wildman–Crippen LogP) is 4.02. The summed E-state index contributed by atoms with van der Waals surface area (Å²) < 4.78 is 33.2. The fraction of sp³-hybridized carbons (Fsp3) is 0.480. The van der Waals surface area contributed by atoms with Crippen molar-refractivity contribution in [1.29, 1.82) is 0 Å². The Balaban J connectivity index is 1.68. The van der Waals surface area contributed by atoms with E-state index in [2.05, 4.69) is 15.6 Å². The summed E-state index contributed by atoms with van der Waals surface area (Å²) >= 11 is 0. The number of ether oxygens (including phenoxy) is 1. The van der Waals surface area contributed by atoms with Crippen LogP contribution in [0.2, 0.25) is 0 Å². The van der Waals surface area contributed by atoms with Gasteiger partial charge in [-0.3, -0.25) is 9.59 Å². The molecule has 0 unspecified atom stereocenters. The van der Waals surface area contributed by atoms with Crippen molar-refractivity contribution >= 4 is 17.6 Å². The summed E-state index contributed by atoms with van der Waals surface area (Å²) in [7, 11) is 1.37. The number of nitrogens with zero attached hydrogens (tertiary/aromatic N) is 1. The number of carbonyl (C=O) groups excluding carboxylic acids is 2. The fourth-order valence-corrected chi connectivity index (χ4v) is 4.31. The molecule has 184 valence electrons. The zero-order valence-electron chi connectivity index (χ0n) is 19.7. The Morgan fingerprint density at radius 3 is 2.68 bits per heavy atom. The maximum Gasteiger partial charge on any atom is 0.237 e. The molecule has 9 heteroatoms. The van der Waals surface area contributed by atoms with Crippen LogP contribution >= 0.6 is 0 Å². The molecule has 3 rings (SSSR count). The van der Waals surface area contributed by atoms with Gasteiger partial charge in [0.15, 0.2) is 0 Å². The Morgan fingerprint density at radius 2 is 1.97 bits per heavy atom. The molecule has 0 radical (unpaired) electrons. The van der Waals surface area contributed by atoms with Crippen LogP contribution in [0.15, 0.2) is 30.5 Å². The van der Waals surface area contributed by atoms with Crippen LogP contribution in [0.1, 0.15) is 46.0 Å². The Hall–Kier alpha value is -3.07. The monoisotopic (exact) mass is 474 g/mol. The third-order valence-electron chi connectivity index (χ3n) is 6.01. The van der Waals surface area contributed by atoms with Crippen molar-refractivity contribution in [3.63, 3.8) is 0 Å². The summed E-state index contributed by atoms with van der Waals surface area (Å²) in [5.74, 6) is -1.24. The number of hydrogen-bond acceptors (Lipinski definition) is 5. The largest absolute Gasteiger partial charge is 0.496 e. The molecule has 0 spiro atoms. The van der Waals surface area contributed by atoms with E-state index in [0.717, 1.165) is 25.1 Å². The molecule has 0 saturated heterocycles. The van der Waals surface area contributed by atoms with Crippen LogP contribution in [-0.2, 0) is 9.59 Å². The summed E-state index contributed by atoms with van der Waals surface area (Å²) in [6, 6.07) is 4.48. The Kier molecular flexibility index (Phi) is 8.55. The first-order chi connectivity index (χ1) is 16.2. The summed E-state index contributed by atoms with van der Waals surface area (Å²) in [5.41, 5.74) is 6.45. The lowest BCUT2D eigenvalue weighted by Crippen LogP contribution is -2.48. The highest BCUT2D eigenvalue weighted by Gasteiger charge is 2.29. The highest BCUT2D eigenvalue weighted by molar-refractivity contribution is 5.92. The van der Waals surface area contributed by atoms with Gasteiger partial charge in [0.2, 0.25) is 11.8 Å². The van der Waals surface area contributed by atoms with Gasteiger partial charge in [-0.05, 0) is 49.8 Å². The number of carbonyl (C=O) groups is 2. The van der Waals surface area contributed by atoms with E-state index in [1.165, 1.54) is 25.3 Å². The fourth-order valence-electron chi connectivity index (χ4n) is 4.31. The first-order valence-corrected chi connectivity index (χ1v) is 11.5. The van der Waals surface area contributed by atoms with Crippen molar-refractivity contribution in [2.45, 2.75) is 58.0 Å². The lowest BCUT2D eigenvalue weighted by molar-refractivity contribution is -0.125. The third-order valence-corrected chi connectivity index (χ3v) is 6.01. The Morgan fingerprint density at radius 1 is 1.21 bits per heavy atom. The second kappa shape index (κ2) is 11.4. The molecule has 3 atom stereocenters. The van der Waals surface area contributed by atoms with E-state index < -0.39 is 17.7 Å². The van der Waals surface area contributed by atoms with Gasteiger partial charge in [-0.15, -0.1) is 0 Å². The van der Waals surface area contributed by atoms with Crippen molar-refractivity contribution < 1.29 is 23.1 Å². The van der Waals surface area contributed by atoms with Gasteiger partial charge >= 0.3 is 0 Å². The topological polar surface area (TPSA) is 106 Å². The predicted molar refractivity (Wildman–Crippen MR) is 126 cm³/mol. The number of hydrogen-bond donors (Lipinski definition) is 3. The van der Waals surface area contributed by atoms with Gasteiger partial charge in [-0.2, -0.15) is 0 Å². The lowest BCUT2D eigenvalue weighted by Gasteiger charge is -2.30. The van der Waals surface area contributed by atoms with Crippen molar-refractivity contribution in [1.82, 2.24) is 10.3 Å². The van der Waals surface area contributed by atoms with Crippen molar-refractivity contribution in [2.75, 3.05) is 12.4 Å². The minimum atomic E-state index is -0.624. The number of pyridine rings is 1. The van der Waals surface area contributed by atoms with Crippen LogP contribution in [-0.4, -0.2) is 36.0 Å². The van der Waals surface area contributed by atoms with Gasteiger partial charge in [-0.1, -0.05) is 20.3 Å². The smallest absolute Gasteiger partial charge is 0.237 e. The molecule has 0 bridgehead atoms. The number of benzene rings is 1. The maximum absolute atomic E-state index is 14.5. The van der Waals surface area contributed by atoms with E-state index in [-0.39, 0.29) is 40.9 Å². The van der Waals surface area contributed by atoms with Crippen LogP contribution in [0, 0.1) is 23.5 Å². The van der Waals surface area contributed by atoms with E-state index in [0.29, 0.717) is 30.7 Å². The number of nitrogens with two attached hydrogens (primary N) is 1. The molecule has 7 nitrogen and oxygen atoms in total. The van der Waals surface area contributed by atoms with Crippen LogP contribution in [0.25, 0.3) is 11.1 Å². The van der Waals surface area contributed by atoms with Crippen molar-refractivity contribution in [2.24, 2.45) is 17.6 Å². The second-order valence-corrected chi connectivity index (χ2v) is 9.19. The number of methoxy groups -OCH3 is 1. The number of aromatic nitrogens is 1. The van der Waals surface area contributed by atoms with Crippen LogP contribution in [0.4, 0.5) is 14.6 Å². The number of amides is 2. The number of halogens is 2. The van der Waals surface area contributed by atoms with Crippen molar-refractivity contribution in [3.05, 3.63) is 42.1 Å². The van der Waals surface area contributed by atoms with E-state index in [1.54, 1.807) is 0 Å². The summed E-state index contributed by atoms with van der Waals surface area (Å²) in [6.07, 6.45) is 4.35. The van der Waals surface area contributed by atoms with Gasteiger partial charge in [0.25, 0.3) is 0 Å². The maximum atomic E-state index is 14.5. The summed E-state index contributed by atoms with van der Waals surface area (Å²) in [4.78, 5) is 29.3. The molecule has 4 N–H and O–H groups in total. The average molecular weight is 475 g/mol. The highest BCUT2D eigenvalue weighted by Crippen LogP contribution is 2.33. The molecule has 2 aromatic rings. The molecule has 34 heavy (non-hydrogen) atoms. The minimum absolute atomic E-state index is 0.129. The second-order valence-electron chi connectivity index (χ2n) is 9.19. The van der Waals surface area contributed by atoms with Crippen LogP contribution < -0.4 is 21.1 Å². The summed E-state index contributed by atoms with van der Waals surface area (Å²) in [6.45, 7) is 4.02. The summed E-state index contributed by atoms with van der Waals surface area (Å²) in [5, 5.41) is 5.73. The molecule has 1 fully saturated rings. The van der Waals surface area contributed by atoms with E-state index in [1.807, 2.05) is 13.8 Å². The zero-order chi connectivity index (χ0) is 24.8. The van der Waals surface area contributed by atoms with Gasteiger partial charge in [-0.25, -0.2) is 13.8 Å². The SMILES string of the molecule is COc1cc(F)ccc1-c1cc(NC(=O)[C@H]2CCC[C@@H](NC(=O)[C@H](N)CC(C)C)C2)ncc1F. The Labute approximate surface area is 198 Å². The zero-order valence-corrected chi connectivity index (χ0v) is 19.7. The van der Waals surface area contributed by atoms with E-state index in [4.69, 9.17) is 10.5 Å². The average Bonchev–Trinajstić information content (AvgIpc) is 2.80. The van der Waals surface area contributed by atoms with Crippen LogP contribution in [0.3, 0.4) is 0 Å². The van der Waals surface area contributed by atoms with Crippen LogP contribution in [0.5, 0.6) is 5.75 Å². The standard InChI is InChI=1S/C25H32F2N4O3/c1-14(2)9-21(28)25(33)30-17-6-4-5-15(10-17)24(32)31-23-12-19(20(27)13-29-23)18-8-7-16(26)11-22(18)34-3/h7-8,11-15,17,21H,4-6,9-10,28H2,1-3H3,(H,30,33)(H,29,31,32)/t15-,17+,21+/m0/s1. The molecular formula is C25H32F2N4O3. The number of rotatable bonds is 8. The van der Waals surface area contributed by atoms with E-state index >= 15 is 0 Å².